The largest absolute Gasteiger partial charge is 0.493 e. The molecule has 2 aromatic carbocycles. The quantitative estimate of drug-likeness (QED) is 0.830. The van der Waals surface area contributed by atoms with Gasteiger partial charge in [-0.2, -0.15) is 0 Å². The summed E-state index contributed by atoms with van der Waals surface area (Å²) in [6.07, 6.45) is 0.623. The second-order valence-corrected chi connectivity index (χ2v) is 5.36. The Labute approximate surface area is 144 Å². The Kier molecular flexibility index (Phi) is 6.26. The third-order valence-corrected chi connectivity index (χ3v) is 3.61. The van der Waals surface area contributed by atoms with Crippen LogP contribution in [0.2, 0.25) is 5.02 Å². The normalized spacial score (nSPS) is 10.2. The van der Waals surface area contributed by atoms with E-state index in [2.05, 4.69) is 10.6 Å². The zero-order valence-electron chi connectivity index (χ0n) is 13.4. The van der Waals surface area contributed by atoms with Crippen molar-refractivity contribution in [2.24, 2.45) is 0 Å². The fraction of sp³-hybridized carbons (Fsp3) is 0.235. The number of urea groups is 1. The van der Waals surface area contributed by atoms with E-state index >= 15 is 0 Å². The number of rotatable bonds is 6. The van der Waals surface area contributed by atoms with Gasteiger partial charge in [-0.3, -0.25) is 0 Å². The minimum absolute atomic E-state index is 0.0434. The molecule has 0 radical (unpaired) electrons. The van der Waals surface area contributed by atoms with Gasteiger partial charge in [0, 0.05) is 12.2 Å². The zero-order chi connectivity index (χ0) is 17.5. The highest BCUT2D eigenvalue weighted by Gasteiger charge is 2.07. The van der Waals surface area contributed by atoms with E-state index in [-0.39, 0.29) is 5.02 Å². The second kappa shape index (κ2) is 8.40. The van der Waals surface area contributed by atoms with E-state index in [1.807, 2.05) is 18.2 Å². The zero-order valence-corrected chi connectivity index (χ0v) is 14.1. The molecule has 0 spiro atoms. The fourth-order valence-corrected chi connectivity index (χ4v) is 2.29. The van der Waals surface area contributed by atoms with Gasteiger partial charge in [0.05, 0.1) is 19.2 Å². The molecule has 7 heteroatoms. The maximum absolute atomic E-state index is 13.1. The molecule has 0 heterocycles. The predicted octanol–water partition coefficient (Wildman–Crippen LogP) is 3.86. The second-order valence-electron chi connectivity index (χ2n) is 4.95. The van der Waals surface area contributed by atoms with Crippen molar-refractivity contribution in [3.63, 3.8) is 0 Å². The lowest BCUT2D eigenvalue weighted by molar-refractivity contribution is 0.252. The molecule has 24 heavy (non-hydrogen) atoms. The van der Waals surface area contributed by atoms with Gasteiger partial charge in [0.1, 0.15) is 5.82 Å². The molecule has 2 N–H and O–H groups in total. The predicted molar refractivity (Wildman–Crippen MR) is 91.7 cm³/mol. The average Bonchev–Trinajstić information content (AvgIpc) is 2.58. The van der Waals surface area contributed by atoms with Gasteiger partial charge >= 0.3 is 6.03 Å². The number of methoxy groups -OCH3 is 2. The van der Waals surface area contributed by atoms with Crippen LogP contribution in [0.1, 0.15) is 5.56 Å². The van der Waals surface area contributed by atoms with Crippen LogP contribution in [-0.2, 0) is 6.42 Å². The van der Waals surface area contributed by atoms with Gasteiger partial charge in [-0.15, -0.1) is 0 Å². The standard InChI is InChI=1S/C17H18ClFN2O3/c1-23-15-6-3-11(9-16(15)24-2)7-8-20-17(22)21-12-4-5-14(19)13(18)10-12/h3-6,9-10H,7-8H2,1-2H3,(H2,20,21,22). The summed E-state index contributed by atoms with van der Waals surface area (Å²) in [5.74, 6) is 0.761. The van der Waals surface area contributed by atoms with Gasteiger partial charge in [-0.1, -0.05) is 17.7 Å². The lowest BCUT2D eigenvalue weighted by Gasteiger charge is -2.11. The van der Waals surface area contributed by atoms with Crippen LogP contribution in [0.3, 0.4) is 0 Å². The first-order valence-corrected chi connectivity index (χ1v) is 7.62. The van der Waals surface area contributed by atoms with Gasteiger partial charge in [0.25, 0.3) is 0 Å². The Morgan fingerprint density at radius 1 is 1.12 bits per heavy atom. The molecule has 0 aliphatic heterocycles. The summed E-state index contributed by atoms with van der Waals surface area (Å²) in [6.45, 7) is 0.427. The summed E-state index contributed by atoms with van der Waals surface area (Å²) < 4.78 is 23.5. The number of carbonyl (C=O) groups is 1. The molecule has 0 saturated heterocycles. The summed E-state index contributed by atoms with van der Waals surface area (Å²) >= 11 is 5.67. The fourth-order valence-electron chi connectivity index (χ4n) is 2.11. The molecule has 128 valence electrons. The highest BCUT2D eigenvalue weighted by Crippen LogP contribution is 2.27. The molecule has 0 atom stereocenters. The van der Waals surface area contributed by atoms with E-state index in [0.29, 0.717) is 30.2 Å². The molecule has 0 unspecified atom stereocenters. The molecular formula is C17H18ClFN2O3. The number of anilines is 1. The van der Waals surface area contributed by atoms with Crippen molar-refractivity contribution < 1.29 is 18.7 Å². The summed E-state index contributed by atoms with van der Waals surface area (Å²) in [4.78, 5) is 11.8. The SMILES string of the molecule is COc1ccc(CCNC(=O)Nc2ccc(F)c(Cl)c2)cc1OC. The highest BCUT2D eigenvalue weighted by atomic mass is 35.5. The van der Waals surface area contributed by atoms with Crippen LogP contribution in [-0.4, -0.2) is 26.8 Å². The lowest BCUT2D eigenvalue weighted by atomic mass is 10.1. The van der Waals surface area contributed by atoms with Crippen molar-refractivity contribution in [2.75, 3.05) is 26.1 Å². The minimum atomic E-state index is -0.531. The average molecular weight is 353 g/mol. The van der Waals surface area contributed by atoms with E-state index in [4.69, 9.17) is 21.1 Å². The van der Waals surface area contributed by atoms with E-state index in [9.17, 15) is 9.18 Å². The van der Waals surface area contributed by atoms with E-state index in [1.165, 1.54) is 18.2 Å². The van der Waals surface area contributed by atoms with Crippen molar-refractivity contribution in [3.05, 3.63) is 52.8 Å². The Bertz CT molecular complexity index is 725. The Hall–Kier alpha value is -2.47. The minimum Gasteiger partial charge on any atom is -0.493 e. The number of benzene rings is 2. The Morgan fingerprint density at radius 3 is 2.54 bits per heavy atom. The Morgan fingerprint density at radius 2 is 1.88 bits per heavy atom. The van der Waals surface area contributed by atoms with Crippen LogP contribution in [0.4, 0.5) is 14.9 Å². The van der Waals surface area contributed by atoms with Crippen LogP contribution in [0, 0.1) is 5.82 Å². The number of halogens is 2. The summed E-state index contributed by atoms with van der Waals surface area (Å²) in [7, 11) is 3.15. The van der Waals surface area contributed by atoms with Gasteiger partial charge in [-0.25, -0.2) is 9.18 Å². The molecule has 0 aliphatic rings. The maximum atomic E-state index is 13.1. The van der Waals surface area contributed by atoms with Gasteiger partial charge in [-0.05, 0) is 42.3 Å². The summed E-state index contributed by atoms with van der Waals surface area (Å²) in [5.41, 5.74) is 1.42. The third kappa shape index (κ3) is 4.76. The molecule has 0 saturated carbocycles. The van der Waals surface area contributed by atoms with Crippen LogP contribution >= 0.6 is 11.6 Å². The molecule has 5 nitrogen and oxygen atoms in total. The first-order chi connectivity index (χ1) is 11.5. The number of carbonyl (C=O) groups excluding carboxylic acids is 1. The highest BCUT2D eigenvalue weighted by molar-refractivity contribution is 6.31. The molecule has 0 bridgehead atoms. The topological polar surface area (TPSA) is 59.6 Å². The van der Waals surface area contributed by atoms with Crippen LogP contribution in [0.25, 0.3) is 0 Å². The van der Waals surface area contributed by atoms with Gasteiger partial charge in [0.15, 0.2) is 11.5 Å². The van der Waals surface area contributed by atoms with Crippen molar-refractivity contribution in [1.29, 1.82) is 0 Å². The molecule has 0 aliphatic carbocycles. The smallest absolute Gasteiger partial charge is 0.319 e. The molecular weight excluding hydrogens is 335 g/mol. The number of hydrogen-bond acceptors (Lipinski definition) is 3. The van der Waals surface area contributed by atoms with Crippen LogP contribution < -0.4 is 20.1 Å². The number of ether oxygens (including phenoxy) is 2. The number of hydrogen-bond donors (Lipinski definition) is 2. The van der Waals surface area contributed by atoms with Crippen LogP contribution in [0.15, 0.2) is 36.4 Å². The number of nitrogens with one attached hydrogen (secondary N) is 2. The van der Waals surface area contributed by atoms with Crippen molar-refractivity contribution in [2.45, 2.75) is 6.42 Å². The van der Waals surface area contributed by atoms with Crippen LogP contribution in [0.5, 0.6) is 11.5 Å². The summed E-state index contributed by atoms with van der Waals surface area (Å²) in [6, 6.07) is 9.17. The Balaban J connectivity index is 1.85. The molecule has 2 aromatic rings. The molecule has 2 rings (SSSR count). The van der Waals surface area contributed by atoms with Crippen molar-refractivity contribution in [1.82, 2.24) is 5.32 Å². The summed E-state index contributed by atoms with van der Waals surface area (Å²) in [5, 5.41) is 5.27. The first-order valence-electron chi connectivity index (χ1n) is 7.24. The first kappa shape index (κ1) is 17.9. The van der Waals surface area contributed by atoms with Crippen molar-refractivity contribution >= 4 is 23.3 Å². The molecule has 0 fully saturated rings. The van der Waals surface area contributed by atoms with Gasteiger partial charge < -0.3 is 20.1 Å². The monoisotopic (exact) mass is 352 g/mol. The maximum Gasteiger partial charge on any atom is 0.319 e. The molecule has 0 aromatic heterocycles. The third-order valence-electron chi connectivity index (χ3n) is 3.32. The number of amides is 2. The van der Waals surface area contributed by atoms with Crippen molar-refractivity contribution in [3.8, 4) is 11.5 Å². The molecule has 2 amide bonds. The van der Waals surface area contributed by atoms with E-state index in [0.717, 1.165) is 5.56 Å². The van der Waals surface area contributed by atoms with E-state index < -0.39 is 11.8 Å². The van der Waals surface area contributed by atoms with E-state index in [1.54, 1.807) is 14.2 Å². The lowest BCUT2D eigenvalue weighted by Crippen LogP contribution is -2.30. The van der Waals surface area contributed by atoms with Gasteiger partial charge in [0.2, 0.25) is 0 Å².